The second kappa shape index (κ2) is 12.1. The largest absolute Gasteiger partial charge is 0.480 e. The van der Waals surface area contributed by atoms with Gasteiger partial charge in [-0.15, -0.1) is 0 Å². The van der Waals surface area contributed by atoms with E-state index < -0.39 is 57.9 Å². The first-order valence-electron chi connectivity index (χ1n) is 12.0. The van der Waals surface area contributed by atoms with Crippen molar-refractivity contribution in [2.75, 3.05) is 23.3 Å². The van der Waals surface area contributed by atoms with Gasteiger partial charge in [0, 0.05) is 25.5 Å². The fourth-order valence-electron chi connectivity index (χ4n) is 4.15. The summed E-state index contributed by atoms with van der Waals surface area (Å²) in [4.78, 5) is 34.0. The lowest BCUT2D eigenvalue weighted by atomic mass is 10.0. The van der Waals surface area contributed by atoms with Crippen molar-refractivity contribution in [1.82, 2.24) is 20.0 Å². The summed E-state index contributed by atoms with van der Waals surface area (Å²) >= 11 is 0. The Labute approximate surface area is 223 Å². The SMILES string of the molecule is O=C(NC[C@H](NS(=O)(=O)c1ccccc1)C(=O)O)c1ccc(N2CCCC[C@H]2Nc2ncccn2)c(F)c1F. The molecule has 11 nitrogen and oxygen atoms in total. The van der Waals surface area contributed by atoms with E-state index in [1.807, 2.05) is 4.72 Å². The molecule has 0 radical (unpaired) electrons. The number of aliphatic carboxylic acids is 1. The first kappa shape index (κ1) is 27.9. The van der Waals surface area contributed by atoms with Crippen molar-refractivity contribution in [2.45, 2.75) is 36.4 Å². The normalized spacial score (nSPS) is 16.4. The monoisotopic (exact) mass is 560 g/mol. The molecule has 0 spiro atoms. The second-order valence-electron chi connectivity index (χ2n) is 8.72. The van der Waals surface area contributed by atoms with Crippen LogP contribution in [0, 0.1) is 11.6 Å². The lowest BCUT2D eigenvalue weighted by Gasteiger charge is -2.38. The molecular formula is C25H26F2N6O5S. The molecule has 3 aromatic rings. The number of nitrogens with one attached hydrogen (secondary N) is 3. The highest BCUT2D eigenvalue weighted by atomic mass is 32.2. The van der Waals surface area contributed by atoms with E-state index in [9.17, 15) is 23.1 Å². The van der Waals surface area contributed by atoms with Crippen molar-refractivity contribution in [1.29, 1.82) is 0 Å². The number of hydrogen-bond acceptors (Lipinski definition) is 8. The van der Waals surface area contributed by atoms with Gasteiger partial charge in [-0.1, -0.05) is 18.2 Å². The molecule has 206 valence electrons. The summed E-state index contributed by atoms with van der Waals surface area (Å²) in [7, 11) is -4.21. The number of carboxylic acid groups (broad SMARTS) is 1. The van der Waals surface area contributed by atoms with E-state index in [0.717, 1.165) is 18.9 Å². The molecule has 1 aliphatic heterocycles. The van der Waals surface area contributed by atoms with Gasteiger partial charge in [0.2, 0.25) is 16.0 Å². The van der Waals surface area contributed by atoms with E-state index in [4.69, 9.17) is 0 Å². The first-order chi connectivity index (χ1) is 18.7. The van der Waals surface area contributed by atoms with Crippen LogP contribution in [-0.4, -0.2) is 60.7 Å². The molecule has 1 aliphatic rings. The molecule has 39 heavy (non-hydrogen) atoms. The van der Waals surface area contributed by atoms with E-state index in [1.165, 1.54) is 30.3 Å². The molecule has 4 N–H and O–H groups in total. The molecule has 0 aliphatic carbocycles. The number of carboxylic acids is 1. The van der Waals surface area contributed by atoms with Crippen LogP contribution in [0.3, 0.4) is 0 Å². The highest BCUT2D eigenvalue weighted by molar-refractivity contribution is 7.89. The van der Waals surface area contributed by atoms with Gasteiger partial charge in [-0.25, -0.2) is 27.2 Å². The fourth-order valence-corrected chi connectivity index (χ4v) is 5.36. The molecule has 1 aromatic heterocycles. The van der Waals surface area contributed by atoms with Gasteiger partial charge in [0.15, 0.2) is 11.6 Å². The smallest absolute Gasteiger partial charge is 0.323 e. The Morgan fingerprint density at radius 2 is 1.74 bits per heavy atom. The summed E-state index contributed by atoms with van der Waals surface area (Å²) in [6.07, 6.45) is 4.91. The van der Waals surface area contributed by atoms with E-state index in [2.05, 4.69) is 20.6 Å². The van der Waals surface area contributed by atoms with Crippen LogP contribution in [-0.2, 0) is 14.8 Å². The maximum atomic E-state index is 15.2. The van der Waals surface area contributed by atoms with Crippen molar-refractivity contribution < 1.29 is 31.9 Å². The predicted octanol–water partition coefficient (Wildman–Crippen LogP) is 2.34. The van der Waals surface area contributed by atoms with Crippen LogP contribution in [0.1, 0.15) is 29.6 Å². The number of nitrogens with zero attached hydrogens (tertiary/aromatic N) is 3. The molecule has 0 saturated carbocycles. The number of carbonyl (C=O) groups is 2. The van der Waals surface area contributed by atoms with Gasteiger partial charge < -0.3 is 20.6 Å². The maximum absolute atomic E-state index is 15.2. The summed E-state index contributed by atoms with van der Waals surface area (Å²) in [5.74, 6) is -4.99. The van der Waals surface area contributed by atoms with E-state index in [1.54, 1.807) is 29.4 Å². The Bertz CT molecular complexity index is 1430. The Kier molecular flexibility index (Phi) is 8.66. The third-order valence-electron chi connectivity index (χ3n) is 6.10. The maximum Gasteiger partial charge on any atom is 0.323 e. The lowest BCUT2D eigenvalue weighted by molar-refractivity contribution is -0.138. The second-order valence-corrected chi connectivity index (χ2v) is 10.4. The van der Waals surface area contributed by atoms with Crippen LogP contribution >= 0.6 is 0 Å². The molecule has 1 saturated heterocycles. The Hall–Kier alpha value is -4.17. The number of halogens is 2. The molecule has 2 heterocycles. The Morgan fingerprint density at radius 3 is 2.44 bits per heavy atom. The summed E-state index contributed by atoms with van der Waals surface area (Å²) in [5, 5.41) is 14.7. The number of rotatable bonds is 10. The number of piperidine rings is 1. The van der Waals surface area contributed by atoms with Crippen molar-refractivity contribution in [3.63, 3.8) is 0 Å². The minimum absolute atomic E-state index is 0.0591. The van der Waals surface area contributed by atoms with Crippen LogP contribution in [0.2, 0.25) is 0 Å². The molecule has 0 unspecified atom stereocenters. The zero-order chi connectivity index (χ0) is 28.0. The van der Waals surface area contributed by atoms with Gasteiger partial charge in [-0.05, 0) is 49.6 Å². The minimum Gasteiger partial charge on any atom is -0.480 e. The third kappa shape index (κ3) is 6.64. The first-order valence-corrected chi connectivity index (χ1v) is 13.5. The molecule has 4 rings (SSSR count). The van der Waals surface area contributed by atoms with Crippen molar-refractivity contribution in [3.8, 4) is 0 Å². The van der Waals surface area contributed by atoms with Gasteiger partial charge in [-0.3, -0.25) is 9.59 Å². The van der Waals surface area contributed by atoms with Crippen LogP contribution in [0.25, 0.3) is 0 Å². The number of sulfonamides is 1. The zero-order valence-corrected chi connectivity index (χ0v) is 21.4. The highest BCUT2D eigenvalue weighted by Crippen LogP contribution is 2.30. The topological polar surface area (TPSA) is 154 Å². The van der Waals surface area contributed by atoms with Crippen molar-refractivity contribution in [3.05, 3.63) is 78.1 Å². The molecule has 2 atom stereocenters. The van der Waals surface area contributed by atoms with E-state index in [0.29, 0.717) is 18.9 Å². The number of hydrogen-bond donors (Lipinski definition) is 4. The summed E-state index contributed by atoms with van der Waals surface area (Å²) < 4.78 is 57.2. The quantitative estimate of drug-likeness (QED) is 0.293. The van der Waals surface area contributed by atoms with Gasteiger partial charge in [0.1, 0.15) is 12.2 Å². The highest BCUT2D eigenvalue weighted by Gasteiger charge is 2.30. The zero-order valence-electron chi connectivity index (χ0n) is 20.5. The third-order valence-corrected chi connectivity index (χ3v) is 7.58. The number of amides is 1. The fraction of sp³-hybridized carbons (Fsp3) is 0.280. The van der Waals surface area contributed by atoms with Gasteiger partial charge in [-0.2, -0.15) is 4.72 Å². The molecule has 1 fully saturated rings. The molecule has 0 bridgehead atoms. The van der Waals surface area contributed by atoms with Crippen LogP contribution in [0.5, 0.6) is 0 Å². The minimum atomic E-state index is -4.21. The molecular weight excluding hydrogens is 534 g/mol. The standard InChI is InChI=1S/C25H26F2N6O5S/c26-21-17(23(34)30-15-18(24(35)36)32-39(37,38)16-7-2-1-3-8-16)10-11-19(22(21)27)33-14-5-4-9-20(33)31-25-28-12-6-13-29-25/h1-3,6-8,10-13,18,20,32H,4-5,9,14-15H2,(H,30,34)(H,35,36)(H,28,29,31)/t18-,20-/m0/s1. The Balaban J connectivity index is 1.47. The average Bonchev–Trinajstić information content (AvgIpc) is 2.93. The summed E-state index contributed by atoms with van der Waals surface area (Å²) in [6.45, 7) is -0.285. The number of aromatic nitrogens is 2. The van der Waals surface area contributed by atoms with Crippen LogP contribution < -0.4 is 20.3 Å². The van der Waals surface area contributed by atoms with Crippen molar-refractivity contribution >= 4 is 33.5 Å². The van der Waals surface area contributed by atoms with E-state index in [-0.39, 0.29) is 10.6 Å². The molecule has 1 amide bonds. The number of anilines is 2. The van der Waals surface area contributed by atoms with Gasteiger partial charge in [0.05, 0.1) is 16.1 Å². The Morgan fingerprint density at radius 1 is 1.03 bits per heavy atom. The van der Waals surface area contributed by atoms with E-state index >= 15 is 8.78 Å². The predicted molar refractivity (Wildman–Crippen MR) is 138 cm³/mol. The number of benzene rings is 2. The summed E-state index contributed by atoms with van der Waals surface area (Å²) in [6, 6.07) is 9.32. The average molecular weight is 561 g/mol. The molecule has 2 aromatic carbocycles. The van der Waals surface area contributed by atoms with Gasteiger partial charge in [0.25, 0.3) is 5.91 Å². The van der Waals surface area contributed by atoms with Crippen LogP contribution in [0.15, 0.2) is 65.8 Å². The van der Waals surface area contributed by atoms with Crippen LogP contribution in [0.4, 0.5) is 20.4 Å². The summed E-state index contributed by atoms with van der Waals surface area (Å²) in [5.41, 5.74) is -0.713. The van der Waals surface area contributed by atoms with Crippen molar-refractivity contribution in [2.24, 2.45) is 0 Å². The molecule has 14 heteroatoms. The number of carbonyl (C=O) groups excluding carboxylic acids is 1. The lowest BCUT2D eigenvalue weighted by Crippen LogP contribution is -2.48. The van der Waals surface area contributed by atoms with Gasteiger partial charge >= 0.3 is 5.97 Å².